The summed E-state index contributed by atoms with van der Waals surface area (Å²) < 4.78 is 59.6. The molecule has 0 atom stereocenters. The Labute approximate surface area is 179 Å². The molecule has 0 aromatic heterocycles. The predicted octanol–water partition coefficient (Wildman–Crippen LogP) is 3.59. The van der Waals surface area contributed by atoms with Crippen LogP contribution in [-0.2, 0) is 23.9 Å². The second kappa shape index (κ2) is 10.5. The molecule has 0 saturated carbocycles. The molecule has 0 aliphatic carbocycles. The van der Waals surface area contributed by atoms with Crippen LogP contribution in [0.1, 0.15) is 16.7 Å². The van der Waals surface area contributed by atoms with Gasteiger partial charge in [0.1, 0.15) is 5.82 Å². The summed E-state index contributed by atoms with van der Waals surface area (Å²) in [7, 11) is 1.55. The third kappa shape index (κ3) is 6.58. The van der Waals surface area contributed by atoms with E-state index in [2.05, 4.69) is 15.6 Å². The highest BCUT2D eigenvalue weighted by Gasteiger charge is 2.34. The number of hydrogen-bond donors (Lipinski definition) is 2. The van der Waals surface area contributed by atoms with Crippen LogP contribution < -0.4 is 15.5 Å². The Morgan fingerprint density at radius 2 is 1.87 bits per heavy atom. The number of morpholine rings is 1. The Bertz CT molecular complexity index is 895. The van der Waals surface area contributed by atoms with E-state index in [4.69, 9.17) is 4.74 Å². The standard InChI is InChI=1S/C22H26F4N4O/c1-27-21(28-8-7-16-3-2-4-18(23)13-16)29-15-17-5-6-19(14-20(17)22(24,25)26)30-9-11-31-12-10-30/h2-6,13-14H,7-12,15H2,1H3,(H2,27,28,29). The lowest BCUT2D eigenvalue weighted by atomic mass is 10.0. The first kappa shape index (κ1) is 22.9. The molecule has 2 aromatic carbocycles. The monoisotopic (exact) mass is 438 g/mol. The van der Waals surface area contributed by atoms with Crippen LogP contribution in [-0.4, -0.2) is 45.9 Å². The summed E-state index contributed by atoms with van der Waals surface area (Å²) in [4.78, 5) is 5.94. The van der Waals surface area contributed by atoms with Crippen LogP contribution in [0, 0.1) is 5.82 Å². The number of guanidine groups is 1. The highest BCUT2D eigenvalue weighted by Crippen LogP contribution is 2.35. The van der Waals surface area contributed by atoms with Gasteiger partial charge in [0.15, 0.2) is 5.96 Å². The van der Waals surface area contributed by atoms with Gasteiger partial charge in [-0.25, -0.2) is 4.39 Å². The molecule has 1 saturated heterocycles. The molecular formula is C22H26F4N4O. The molecule has 1 aliphatic heterocycles. The summed E-state index contributed by atoms with van der Waals surface area (Å²) in [6.07, 6.45) is -3.91. The van der Waals surface area contributed by atoms with E-state index >= 15 is 0 Å². The number of alkyl halides is 3. The molecule has 0 spiro atoms. The summed E-state index contributed by atoms with van der Waals surface area (Å²) >= 11 is 0. The van der Waals surface area contributed by atoms with Gasteiger partial charge in [-0.1, -0.05) is 18.2 Å². The number of nitrogens with zero attached hydrogens (tertiary/aromatic N) is 2. The number of aliphatic imine (C=N–C) groups is 1. The third-order valence-electron chi connectivity index (χ3n) is 5.04. The van der Waals surface area contributed by atoms with E-state index in [1.54, 1.807) is 19.2 Å². The molecule has 9 heteroatoms. The number of benzene rings is 2. The average Bonchev–Trinajstić information content (AvgIpc) is 2.76. The number of anilines is 1. The summed E-state index contributed by atoms with van der Waals surface area (Å²) in [5, 5.41) is 5.97. The molecule has 0 unspecified atom stereocenters. The predicted molar refractivity (Wildman–Crippen MR) is 113 cm³/mol. The minimum Gasteiger partial charge on any atom is -0.378 e. The maximum absolute atomic E-state index is 13.7. The van der Waals surface area contributed by atoms with Crippen molar-refractivity contribution in [1.29, 1.82) is 0 Å². The lowest BCUT2D eigenvalue weighted by Crippen LogP contribution is -2.38. The Morgan fingerprint density at radius 3 is 2.55 bits per heavy atom. The van der Waals surface area contributed by atoms with Gasteiger partial charge in [0, 0.05) is 38.9 Å². The highest BCUT2D eigenvalue weighted by atomic mass is 19.4. The molecule has 3 rings (SSSR count). The second-order valence-electron chi connectivity index (χ2n) is 7.17. The Balaban J connectivity index is 1.62. The van der Waals surface area contributed by atoms with Crippen LogP contribution in [0.2, 0.25) is 0 Å². The number of ether oxygens (including phenoxy) is 1. The Hall–Kier alpha value is -2.81. The molecule has 1 heterocycles. The fourth-order valence-electron chi connectivity index (χ4n) is 3.42. The van der Waals surface area contributed by atoms with E-state index in [1.165, 1.54) is 24.3 Å². The largest absolute Gasteiger partial charge is 0.416 e. The van der Waals surface area contributed by atoms with Crippen molar-refractivity contribution < 1.29 is 22.3 Å². The third-order valence-corrected chi connectivity index (χ3v) is 5.04. The van der Waals surface area contributed by atoms with E-state index in [-0.39, 0.29) is 17.9 Å². The van der Waals surface area contributed by atoms with Gasteiger partial charge in [-0.05, 0) is 41.8 Å². The van der Waals surface area contributed by atoms with E-state index in [0.717, 1.165) is 5.56 Å². The maximum atomic E-state index is 13.7. The minimum absolute atomic E-state index is 0.0299. The van der Waals surface area contributed by atoms with Crippen molar-refractivity contribution >= 4 is 11.6 Å². The van der Waals surface area contributed by atoms with Crippen LogP contribution in [0.15, 0.2) is 47.5 Å². The van der Waals surface area contributed by atoms with Crippen molar-refractivity contribution in [3.05, 3.63) is 65.0 Å². The van der Waals surface area contributed by atoms with E-state index in [9.17, 15) is 17.6 Å². The van der Waals surface area contributed by atoms with Gasteiger partial charge in [-0.2, -0.15) is 13.2 Å². The van der Waals surface area contributed by atoms with Gasteiger partial charge in [0.05, 0.1) is 18.8 Å². The molecule has 1 aliphatic rings. The van der Waals surface area contributed by atoms with Crippen LogP contribution in [0.3, 0.4) is 0 Å². The summed E-state index contributed by atoms with van der Waals surface area (Å²) in [5.74, 6) is 0.0713. The van der Waals surface area contributed by atoms with Crippen molar-refractivity contribution in [3.63, 3.8) is 0 Å². The first-order valence-corrected chi connectivity index (χ1v) is 10.1. The first-order chi connectivity index (χ1) is 14.9. The molecule has 168 valence electrons. The van der Waals surface area contributed by atoms with E-state index in [0.29, 0.717) is 50.9 Å². The smallest absolute Gasteiger partial charge is 0.378 e. The molecule has 5 nitrogen and oxygen atoms in total. The zero-order chi connectivity index (χ0) is 22.3. The molecular weight excluding hydrogens is 412 g/mol. The normalized spacial score (nSPS) is 15.1. The van der Waals surface area contributed by atoms with Crippen molar-refractivity contribution in [2.45, 2.75) is 19.1 Å². The number of nitrogens with one attached hydrogen (secondary N) is 2. The molecule has 0 radical (unpaired) electrons. The quantitative estimate of drug-likeness (QED) is 0.411. The van der Waals surface area contributed by atoms with Crippen LogP contribution in [0.25, 0.3) is 0 Å². The fourth-order valence-corrected chi connectivity index (χ4v) is 3.42. The minimum atomic E-state index is -4.46. The molecule has 2 N–H and O–H groups in total. The maximum Gasteiger partial charge on any atom is 0.416 e. The lowest BCUT2D eigenvalue weighted by molar-refractivity contribution is -0.138. The van der Waals surface area contributed by atoms with Crippen molar-refractivity contribution in [1.82, 2.24) is 10.6 Å². The summed E-state index contributed by atoms with van der Waals surface area (Å²) in [6.45, 7) is 2.57. The first-order valence-electron chi connectivity index (χ1n) is 10.1. The zero-order valence-corrected chi connectivity index (χ0v) is 17.3. The van der Waals surface area contributed by atoms with Gasteiger partial charge in [0.2, 0.25) is 0 Å². The van der Waals surface area contributed by atoms with Crippen LogP contribution in [0.5, 0.6) is 0 Å². The lowest BCUT2D eigenvalue weighted by Gasteiger charge is -2.29. The van der Waals surface area contributed by atoms with Crippen LogP contribution in [0.4, 0.5) is 23.2 Å². The second-order valence-corrected chi connectivity index (χ2v) is 7.17. The van der Waals surface area contributed by atoms with Crippen LogP contribution >= 0.6 is 0 Å². The van der Waals surface area contributed by atoms with E-state index < -0.39 is 11.7 Å². The van der Waals surface area contributed by atoms with Crippen molar-refractivity contribution in [2.24, 2.45) is 4.99 Å². The molecule has 1 fully saturated rings. The molecule has 0 bridgehead atoms. The number of rotatable bonds is 6. The van der Waals surface area contributed by atoms with Gasteiger partial charge in [0.25, 0.3) is 0 Å². The SMILES string of the molecule is CN=C(NCCc1cccc(F)c1)NCc1ccc(N2CCOCC2)cc1C(F)(F)F. The van der Waals surface area contributed by atoms with Gasteiger partial charge in [-0.15, -0.1) is 0 Å². The molecule has 2 aromatic rings. The fraction of sp³-hybridized carbons (Fsp3) is 0.409. The molecule has 31 heavy (non-hydrogen) atoms. The van der Waals surface area contributed by atoms with Gasteiger partial charge in [-0.3, -0.25) is 4.99 Å². The van der Waals surface area contributed by atoms with E-state index in [1.807, 2.05) is 11.0 Å². The van der Waals surface area contributed by atoms with Crippen molar-refractivity contribution in [3.8, 4) is 0 Å². The number of halogens is 4. The zero-order valence-electron chi connectivity index (χ0n) is 17.3. The molecule has 0 amide bonds. The Morgan fingerprint density at radius 1 is 1.10 bits per heavy atom. The average molecular weight is 438 g/mol. The summed E-state index contributed by atoms with van der Waals surface area (Å²) in [6, 6.07) is 10.7. The van der Waals surface area contributed by atoms with Gasteiger partial charge >= 0.3 is 6.18 Å². The summed E-state index contributed by atoms with van der Waals surface area (Å²) in [5.41, 5.74) is 0.829. The Kier molecular flexibility index (Phi) is 7.73. The highest BCUT2D eigenvalue weighted by molar-refractivity contribution is 5.79. The van der Waals surface area contributed by atoms with Crippen molar-refractivity contribution in [2.75, 3.05) is 44.8 Å². The topological polar surface area (TPSA) is 48.9 Å². The van der Waals surface area contributed by atoms with Gasteiger partial charge < -0.3 is 20.3 Å². The number of hydrogen-bond acceptors (Lipinski definition) is 3.